The molecule has 0 spiro atoms. The third-order valence-corrected chi connectivity index (χ3v) is 2.14. The van der Waals surface area contributed by atoms with Crippen LogP contribution in [0.15, 0.2) is 0 Å². The van der Waals surface area contributed by atoms with Crippen LogP contribution in [0, 0.1) is 0 Å². The van der Waals surface area contributed by atoms with Crippen LogP contribution in [0.5, 0.6) is 0 Å². The molecule has 1 heterocycles. The normalized spacial score (nSPS) is 25.2. The van der Waals surface area contributed by atoms with Crippen molar-refractivity contribution in [2.24, 2.45) is 5.14 Å². The monoisotopic (exact) mass is 193 g/mol. The number of nitrogens with two attached hydrogens (primary N) is 1. The second-order valence-electron chi connectivity index (χ2n) is 2.74. The molecular formula is C7H17N2O2S-. The zero-order valence-corrected chi connectivity index (χ0v) is 8.47. The van der Waals surface area contributed by atoms with E-state index in [1.54, 1.807) is 0 Å². The summed E-state index contributed by atoms with van der Waals surface area (Å²) in [5, 5.41) is 4.03. The van der Waals surface area contributed by atoms with Crippen LogP contribution < -0.4 is 5.14 Å². The van der Waals surface area contributed by atoms with Crippen molar-refractivity contribution >= 4 is 11.3 Å². The SMILES string of the molecule is CCC1CCN1CC.NS(=O)[O-]. The average Bonchev–Trinajstić information content (AvgIpc) is 1.85. The molecule has 1 saturated heterocycles. The lowest BCUT2D eigenvalue weighted by molar-refractivity contribution is 0.0950. The number of likely N-dealkylation sites (tertiary alicyclic amines) is 1. The Morgan fingerprint density at radius 3 is 2.25 bits per heavy atom. The lowest BCUT2D eigenvalue weighted by Crippen LogP contribution is -2.46. The summed E-state index contributed by atoms with van der Waals surface area (Å²) in [6.07, 6.45) is 2.78. The highest BCUT2D eigenvalue weighted by Crippen LogP contribution is 2.18. The molecule has 0 aromatic rings. The highest BCUT2D eigenvalue weighted by molar-refractivity contribution is 7.76. The molecule has 0 bridgehead atoms. The summed E-state index contributed by atoms with van der Waals surface area (Å²) in [5.74, 6) is 0. The van der Waals surface area contributed by atoms with Crippen LogP contribution in [-0.4, -0.2) is 32.8 Å². The van der Waals surface area contributed by atoms with E-state index in [2.05, 4.69) is 23.9 Å². The highest BCUT2D eigenvalue weighted by atomic mass is 32.2. The molecule has 0 amide bonds. The molecule has 0 radical (unpaired) electrons. The molecule has 1 fully saturated rings. The van der Waals surface area contributed by atoms with E-state index in [9.17, 15) is 0 Å². The number of nitrogens with zero attached hydrogens (tertiary/aromatic N) is 1. The molecule has 2 N–H and O–H groups in total. The molecule has 0 aromatic heterocycles. The van der Waals surface area contributed by atoms with Gasteiger partial charge in [-0.05, 0) is 25.9 Å². The summed E-state index contributed by atoms with van der Waals surface area (Å²) >= 11 is -2.36. The van der Waals surface area contributed by atoms with E-state index >= 15 is 0 Å². The summed E-state index contributed by atoms with van der Waals surface area (Å²) in [4.78, 5) is 2.53. The van der Waals surface area contributed by atoms with E-state index < -0.39 is 11.3 Å². The predicted molar refractivity (Wildman–Crippen MR) is 49.1 cm³/mol. The lowest BCUT2D eigenvalue weighted by atomic mass is 10.0. The van der Waals surface area contributed by atoms with E-state index in [1.807, 2.05) is 0 Å². The summed E-state index contributed by atoms with van der Waals surface area (Å²) in [5.41, 5.74) is 0. The van der Waals surface area contributed by atoms with Crippen LogP contribution >= 0.6 is 0 Å². The van der Waals surface area contributed by atoms with E-state index in [-0.39, 0.29) is 0 Å². The molecular weight excluding hydrogens is 176 g/mol. The molecule has 2 atom stereocenters. The summed E-state index contributed by atoms with van der Waals surface area (Å²) < 4.78 is 17.6. The Bertz CT molecular complexity index is 125. The van der Waals surface area contributed by atoms with Crippen LogP contribution in [0.25, 0.3) is 0 Å². The first-order valence-corrected chi connectivity index (χ1v) is 5.33. The zero-order valence-electron chi connectivity index (χ0n) is 7.66. The average molecular weight is 193 g/mol. The third-order valence-electron chi connectivity index (χ3n) is 2.14. The van der Waals surface area contributed by atoms with Crippen LogP contribution in [0.3, 0.4) is 0 Å². The Morgan fingerprint density at radius 2 is 2.17 bits per heavy atom. The third kappa shape index (κ3) is 4.82. The first-order chi connectivity index (χ1) is 5.61. The first kappa shape index (κ1) is 12.0. The largest absolute Gasteiger partial charge is 0.760 e. The molecule has 1 rings (SSSR count). The van der Waals surface area contributed by atoms with Gasteiger partial charge in [0.1, 0.15) is 0 Å². The van der Waals surface area contributed by atoms with Gasteiger partial charge < -0.3 is 9.45 Å². The van der Waals surface area contributed by atoms with Crippen molar-refractivity contribution in [3.8, 4) is 0 Å². The van der Waals surface area contributed by atoms with Crippen LogP contribution in [-0.2, 0) is 11.3 Å². The maximum atomic E-state index is 8.78. The second kappa shape index (κ2) is 6.54. The Balaban J connectivity index is 0.000000261. The fourth-order valence-electron chi connectivity index (χ4n) is 1.37. The molecule has 12 heavy (non-hydrogen) atoms. The van der Waals surface area contributed by atoms with Gasteiger partial charge in [-0.1, -0.05) is 13.8 Å². The zero-order chi connectivity index (χ0) is 9.56. The Labute approximate surface area is 76.5 Å². The molecule has 0 saturated carbocycles. The fraction of sp³-hybridized carbons (Fsp3) is 1.00. The fourth-order valence-corrected chi connectivity index (χ4v) is 1.37. The minimum absolute atomic E-state index is 0.931. The number of rotatable bonds is 2. The smallest absolute Gasteiger partial charge is 0.0152 e. The number of hydrogen-bond donors (Lipinski definition) is 1. The van der Waals surface area contributed by atoms with Crippen molar-refractivity contribution in [2.75, 3.05) is 13.1 Å². The van der Waals surface area contributed by atoms with Crippen molar-refractivity contribution < 1.29 is 8.76 Å². The van der Waals surface area contributed by atoms with E-state index in [0.29, 0.717) is 0 Å². The lowest BCUT2D eigenvalue weighted by Gasteiger charge is -2.39. The van der Waals surface area contributed by atoms with E-state index in [4.69, 9.17) is 8.76 Å². The predicted octanol–water partition coefficient (Wildman–Crippen LogP) is 0.230. The Hall–Kier alpha value is 0.0300. The quantitative estimate of drug-likeness (QED) is 0.638. The molecule has 2 unspecified atom stereocenters. The summed E-state index contributed by atoms with van der Waals surface area (Å²) in [7, 11) is 0. The summed E-state index contributed by atoms with van der Waals surface area (Å²) in [6.45, 7) is 7.10. The van der Waals surface area contributed by atoms with Gasteiger partial charge in [0.05, 0.1) is 0 Å². The standard InChI is InChI=1S/C7H15N.H3NO2S/c1-3-7-5-6-8(7)4-2;1-4(2)3/h7H,3-6H2,1-2H3;1H2,(H,2,3)/p-1. The van der Waals surface area contributed by atoms with Crippen molar-refractivity contribution in [2.45, 2.75) is 32.7 Å². The molecule has 1 aliphatic heterocycles. The van der Waals surface area contributed by atoms with Crippen LogP contribution in [0.4, 0.5) is 0 Å². The van der Waals surface area contributed by atoms with Gasteiger partial charge in [-0.3, -0.25) is 9.35 Å². The second-order valence-corrected chi connectivity index (χ2v) is 3.26. The van der Waals surface area contributed by atoms with Gasteiger partial charge in [-0.2, -0.15) is 0 Å². The molecule has 1 aliphatic rings. The van der Waals surface area contributed by atoms with Crippen LogP contribution in [0.2, 0.25) is 0 Å². The van der Waals surface area contributed by atoms with Gasteiger partial charge in [-0.25, -0.2) is 0 Å². The molecule has 0 aromatic carbocycles. The van der Waals surface area contributed by atoms with Gasteiger partial charge >= 0.3 is 0 Å². The van der Waals surface area contributed by atoms with Crippen LogP contribution in [0.1, 0.15) is 26.7 Å². The van der Waals surface area contributed by atoms with E-state index in [1.165, 1.54) is 25.9 Å². The maximum Gasteiger partial charge on any atom is 0.0152 e. The Kier molecular flexibility index (Phi) is 6.55. The van der Waals surface area contributed by atoms with Gasteiger partial charge in [0, 0.05) is 17.3 Å². The summed E-state index contributed by atoms with van der Waals surface area (Å²) in [6, 6.07) is 0.931. The highest BCUT2D eigenvalue weighted by Gasteiger charge is 2.23. The van der Waals surface area contributed by atoms with Gasteiger partial charge in [-0.15, -0.1) is 0 Å². The minimum Gasteiger partial charge on any atom is -0.760 e. The topological polar surface area (TPSA) is 69.4 Å². The molecule has 0 aliphatic carbocycles. The van der Waals surface area contributed by atoms with Gasteiger partial charge in [0.2, 0.25) is 0 Å². The van der Waals surface area contributed by atoms with Crippen molar-refractivity contribution in [1.82, 2.24) is 4.90 Å². The molecule has 4 nitrogen and oxygen atoms in total. The van der Waals surface area contributed by atoms with E-state index in [0.717, 1.165) is 6.04 Å². The molecule has 74 valence electrons. The minimum atomic E-state index is -2.36. The number of hydrogen-bond acceptors (Lipinski definition) is 3. The Morgan fingerprint density at radius 1 is 1.67 bits per heavy atom. The van der Waals surface area contributed by atoms with Crippen molar-refractivity contribution in [1.29, 1.82) is 0 Å². The van der Waals surface area contributed by atoms with Crippen molar-refractivity contribution in [3.63, 3.8) is 0 Å². The molecule has 5 heteroatoms. The van der Waals surface area contributed by atoms with Gasteiger partial charge in [0.25, 0.3) is 0 Å². The first-order valence-electron chi connectivity index (χ1n) is 4.19. The van der Waals surface area contributed by atoms with Gasteiger partial charge in [0.15, 0.2) is 0 Å². The maximum absolute atomic E-state index is 8.78. The van der Waals surface area contributed by atoms with Crippen molar-refractivity contribution in [3.05, 3.63) is 0 Å².